The van der Waals surface area contributed by atoms with E-state index in [1.807, 2.05) is 13.0 Å². The number of benzene rings is 1. The summed E-state index contributed by atoms with van der Waals surface area (Å²) < 4.78 is 0.889. The molecule has 1 unspecified atom stereocenters. The zero-order valence-electron chi connectivity index (χ0n) is 10.3. The van der Waals surface area contributed by atoms with Crippen LogP contribution in [0.25, 0.3) is 0 Å². The van der Waals surface area contributed by atoms with E-state index < -0.39 is 0 Å². The second kappa shape index (κ2) is 6.39. The lowest BCUT2D eigenvalue weighted by Crippen LogP contribution is -2.34. The Bertz CT molecular complexity index is 474. The van der Waals surface area contributed by atoms with Gasteiger partial charge in [0.15, 0.2) is 0 Å². The number of nitrogens with zero attached hydrogens (tertiary/aromatic N) is 1. The second-order valence-electron chi connectivity index (χ2n) is 4.10. The average molecular weight is 314 g/mol. The van der Waals surface area contributed by atoms with Gasteiger partial charge in [-0.05, 0) is 24.6 Å². The highest BCUT2D eigenvalue weighted by molar-refractivity contribution is 9.10. The van der Waals surface area contributed by atoms with E-state index in [-0.39, 0.29) is 17.7 Å². The summed E-state index contributed by atoms with van der Waals surface area (Å²) in [5, 5.41) is 14.1. The third-order valence-electron chi connectivity index (χ3n) is 2.62. The summed E-state index contributed by atoms with van der Waals surface area (Å²) in [4.78, 5) is 11.8. The van der Waals surface area contributed by atoms with Crippen molar-refractivity contribution in [3.8, 4) is 0 Å². The second-order valence-corrected chi connectivity index (χ2v) is 4.95. The van der Waals surface area contributed by atoms with Crippen molar-refractivity contribution in [2.45, 2.75) is 13.8 Å². The van der Waals surface area contributed by atoms with Gasteiger partial charge in [0.25, 0.3) is 5.91 Å². The van der Waals surface area contributed by atoms with Gasteiger partial charge in [-0.2, -0.15) is 0 Å². The Hall–Kier alpha value is -1.56. The highest BCUT2D eigenvalue weighted by Gasteiger charge is 2.11. The van der Waals surface area contributed by atoms with Crippen LogP contribution in [0.3, 0.4) is 0 Å². The molecule has 6 heteroatoms. The highest BCUT2D eigenvalue weighted by atomic mass is 79.9. The number of amides is 1. The van der Waals surface area contributed by atoms with Crippen molar-refractivity contribution in [3.05, 3.63) is 33.8 Å². The van der Waals surface area contributed by atoms with E-state index in [1.165, 1.54) is 0 Å². The summed E-state index contributed by atoms with van der Waals surface area (Å²) in [5.74, 6) is -0.304. The molecule has 0 radical (unpaired) electrons. The quantitative estimate of drug-likeness (QED) is 0.343. The Kier molecular flexibility index (Phi) is 5.15. The minimum Gasteiger partial charge on any atom is -0.409 e. The molecule has 0 saturated heterocycles. The van der Waals surface area contributed by atoms with Gasteiger partial charge in [-0.3, -0.25) is 4.79 Å². The summed E-state index contributed by atoms with van der Waals surface area (Å²) in [6.07, 6.45) is 0. The maximum absolute atomic E-state index is 11.8. The Balaban J connectivity index is 2.63. The van der Waals surface area contributed by atoms with Crippen LogP contribution in [0.5, 0.6) is 0 Å². The Morgan fingerprint density at radius 1 is 1.61 bits per heavy atom. The molecule has 0 aliphatic carbocycles. The predicted octanol–water partition coefficient (Wildman–Crippen LogP) is 1.87. The summed E-state index contributed by atoms with van der Waals surface area (Å²) in [7, 11) is 0. The first-order valence-electron chi connectivity index (χ1n) is 5.47. The van der Waals surface area contributed by atoms with Crippen molar-refractivity contribution in [1.29, 1.82) is 0 Å². The fourth-order valence-corrected chi connectivity index (χ4v) is 1.66. The first kappa shape index (κ1) is 14.5. The number of halogens is 1. The minimum absolute atomic E-state index is 0.0976. The lowest BCUT2D eigenvalue weighted by Gasteiger charge is -2.11. The summed E-state index contributed by atoms with van der Waals surface area (Å²) in [5.41, 5.74) is 7.06. The van der Waals surface area contributed by atoms with Crippen LogP contribution in [0, 0.1) is 12.8 Å². The summed E-state index contributed by atoms with van der Waals surface area (Å²) >= 11 is 3.38. The molecule has 0 aliphatic rings. The molecular weight excluding hydrogens is 298 g/mol. The van der Waals surface area contributed by atoms with E-state index in [4.69, 9.17) is 10.9 Å². The van der Waals surface area contributed by atoms with E-state index >= 15 is 0 Å². The van der Waals surface area contributed by atoms with E-state index in [0.29, 0.717) is 12.1 Å². The topological polar surface area (TPSA) is 87.7 Å². The number of hydrogen-bond acceptors (Lipinski definition) is 3. The van der Waals surface area contributed by atoms with Crippen molar-refractivity contribution in [3.63, 3.8) is 0 Å². The van der Waals surface area contributed by atoms with Gasteiger partial charge in [-0.1, -0.05) is 34.1 Å². The number of oxime groups is 1. The number of aryl methyl sites for hydroxylation is 1. The van der Waals surface area contributed by atoms with Crippen molar-refractivity contribution in [2.24, 2.45) is 16.8 Å². The molecule has 0 fully saturated rings. The normalized spacial score (nSPS) is 13.2. The molecule has 1 amide bonds. The Morgan fingerprint density at radius 2 is 2.28 bits per heavy atom. The van der Waals surface area contributed by atoms with Gasteiger partial charge in [0.05, 0.1) is 0 Å². The molecule has 0 aromatic heterocycles. The molecule has 1 aromatic carbocycles. The fraction of sp³-hybridized carbons (Fsp3) is 0.333. The molecule has 98 valence electrons. The number of nitrogens with two attached hydrogens (primary N) is 1. The van der Waals surface area contributed by atoms with Crippen LogP contribution in [-0.2, 0) is 0 Å². The SMILES string of the molecule is Cc1ccc(C(=O)NCC(C)/C(N)=N/O)cc1Br. The number of nitrogens with one attached hydrogen (secondary N) is 1. The number of carbonyl (C=O) groups is 1. The largest absolute Gasteiger partial charge is 0.409 e. The van der Waals surface area contributed by atoms with Gasteiger partial charge >= 0.3 is 0 Å². The van der Waals surface area contributed by atoms with Gasteiger partial charge in [0.1, 0.15) is 5.84 Å². The van der Waals surface area contributed by atoms with Gasteiger partial charge in [0.2, 0.25) is 0 Å². The number of hydrogen-bond donors (Lipinski definition) is 3. The number of amidine groups is 1. The first-order valence-corrected chi connectivity index (χ1v) is 6.26. The summed E-state index contributed by atoms with van der Waals surface area (Å²) in [6.45, 7) is 4.03. The van der Waals surface area contributed by atoms with Crippen LogP contribution in [0.15, 0.2) is 27.8 Å². The van der Waals surface area contributed by atoms with Crippen LogP contribution in [0.1, 0.15) is 22.8 Å². The van der Waals surface area contributed by atoms with Crippen LogP contribution in [0.4, 0.5) is 0 Å². The lowest BCUT2D eigenvalue weighted by molar-refractivity contribution is 0.0951. The molecule has 0 saturated carbocycles. The monoisotopic (exact) mass is 313 g/mol. The van der Waals surface area contributed by atoms with E-state index in [1.54, 1.807) is 19.1 Å². The first-order chi connectivity index (χ1) is 8.45. The molecule has 0 spiro atoms. The zero-order chi connectivity index (χ0) is 13.7. The molecular formula is C12H16BrN3O2. The fourth-order valence-electron chi connectivity index (χ4n) is 1.29. The van der Waals surface area contributed by atoms with E-state index in [2.05, 4.69) is 26.4 Å². The molecule has 0 bridgehead atoms. The molecule has 1 atom stereocenters. The average Bonchev–Trinajstić information content (AvgIpc) is 2.37. The molecule has 5 nitrogen and oxygen atoms in total. The van der Waals surface area contributed by atoms with Crippen LogP contribution >= 0.6 is 15.9 Å². The smallest absolute Gasteiger partial charge is 0.251 e. The van der Waals surface area contributed by atoms with Crippen molar-refractivity contribution in [1.82, 2.24) is 5.32 Å². The van der Waals surface area contributed by atoms with Gasteiger partial charge in [0, 0.05) is 22.5 Å². The zero-order valence-corrected chi connectivity index (χ0v) is 11.9. The molecule has 1 aromatic rings. The maximum Gasteiger partial charge on any atom is 0.251 e. The van der Waals surface area contributed by atoms with Crippen LogP contribution in [0.2, 0.25) is 0 Å². The molecule has 0 aliphatic heterocycles. The lowest BCUT2D eigenvalue weighted by atomic mass is 10.1. The maximum atomic E-state index is 11.8. The van der Waals surface area contributed by atoms with E-state index in [0.717, 1.165) is 10.0 Å². The van der Waals surface area contributed by atoms with Crippen molar-refractivity contribution in [2.75, 3.05) is 6.54 Å². The third-order valence-corrected chi connectivity index (χ3v) is 3.48. The minimum atomic E-state index is -0.215. The van der Waals surface area contributed by atoms with Crippen molar-refractivity contribution >= 4 is 27.7 Å². The molecule has 1 rings (SSSR count). The molecule has 4 N–H and O–H groups in total. The Labute approximate surface area is 114 Å². The van der Waals surface area contributed by atoms with Gasteiger partial charge in [-0.25, -0.2) is 0 Å². The van der Waals surface area contributed by atoms with Crippen LogP contribution in [-0.4, -0.2) is 23.5 Å². The molecule has 0 heterocycles. The standard InChI is InChI=1S/C12H16BrN3O2/c1-7-3-4-9(5-10(7)13)12(17)15-6-8(2)11(14)16-18/h3-5,8,18H,6H2,1-2H3,(H2,14,16)(H,15,17). The highest BCUT2D eigenvalue weighted by Crippen LogP contribution is 2.17. The van der Waals surface area contributed by atoms with Crippen LogP contribution < -0.4 is 11.1 Å². The van der Waals surface area contributed by atoms with E-state index in [9.17, 15) is 4.79 Å². The Morgan fingerprint density at radius 3 is 2.83 bits per heavy atom. The summed E-state index contributed by atoms with van der Waals surface area (Å²) in [6, 6.07) is 5.38. The number of carbonyl (C=O) groups excluding carboxylic acids is 1. The number of rotatable bonds is 4. The van der Waals surface area contributed by atoms with Gasteiger partial charge < -0.3 is 16.3 Å². The van der Waals surface area contributed by atoms with Crippen molar-refractivity contribution < 1.29 is 10.0 Å². The predicted molar refractivity (Wildman–Crippen MR) is 73.8 cm³/mol. The van der Waals surface area contributed by atoms with Gasteiger partial charge in [-0.15, -0.1) is 0 Å². The molecule has 18 heavy (non-hydrogen) atoms. The third kappa shape index (κ3) is 3.73.